The van der Waals surface area contributed by atoms with Crippen molar-refractivity contribution in [3.05, 3.63) is 23.4 Å². The van der Waals surface area contributed by atoms with Crippen LogP contribution >= 0.6 is 0 Å². The lowest BCUT2D eigenvalue weighted by Gasteiger charge is -2.20. The number of hydrogen-bond acceptors (Lipinski definition) is 3. The van der Waals surface area contributed by atoms with Crippen LogP contribution in [0.25, 0.3) is 0 Å². The zero-order valence-corrected chi connectivity index (χ0v) is 9.91. The van der Waals surface area contributed by atoms with E-state index in [1.165, 1.54) is 0 Å². The fourth-order valence-corrected chi connectivity index (χ4v) is 1.83. The average molecular weight is 209 g/mol. The fraction of sp³-hybridized carbons (Fsp3) is 0.545. The van der Waals surface area contributed by atoms with Crippen molar-refractivity contribution >= 4 is 5.82 Å². The highest BCUT2D eigenvalue weighted by Gasteiger charge is 2.15. The number of nitrogens with zero attached hydrogens (tertiary/aromatic N) is 3. The summed E-state index contributed by atoms with van der Waals surface area (Å²) in [5, 5.41) is 13.6. The molecule has 15 heavy (non-hydrogen) atoms. The highest BCUT2D eigenvalue weighted by atomic mass is 16.3. The molecule has 1 aromatic heterocycles. The topological polar surface area (TPSA) is 41.3 Å². The van der Waals surface area contributed by atoms with Crippen LogP contribution in [0.1, 0.15) is 18.2 Å². The molecular formula is C11H19N3O. The molecule has 0 saturated heterocycles. The number of hydrogen-bond donors (Lipinski definition) is 1. The first kappa shape index (κ1) is 11.8. The minimum absolute atomic E-state index is 0.0234. The van der Waals surface area contributed by atoms with Gasteiger partial charge in [0.1, 0.15) is 5.82 Å². The van der Waals surface area contributed by atoms with Crippen molar-refractivity contribution < 1.29 is 5.11 Å². The highest BCUT2D eigenvalue weighted by Crippen LogP contribution is 2.22. The summed E-state index contributed by atoms with van der Waals surface area (Å²) in [6.45, 7) is 8.56. The molecule has 4 nitrogen and oxygen atoms in total. The SMILES string of the molecule is C=C(C)CN(C)c1c(CO)c(C)nn1C. The number of likely N-dealkylation sites (N-methyl/N-ethyl adjacent to an activating group) is 1. The molecule has 0 atom stereocenters. The summed E-state index contributed by atoms with van der Waals surface area (Å²) < 4.78 is 1.80. The first-order valence-electron chi connectivity index (χ1n) is 4.96. The van der Waals surface area contributed by atoms with Gasteiger partial charge in [0.2, 0.25) is 0 Å². The molecule has 0 bridgehead atoms. The van der Waals surface area contributed by atoms with Crippen molar-refractivity contribution in [3.8, 4) is 0 Å². The summed E-state index contributed by atoms with van der Waals surface area (Å²) in [6.07, 6.45) is 0. The van der Waals surface area contributed by atoms with Crippen LogP contribution in [0.2, 0.25) is 0 Å². The van der Waals surface area contributed by atoms with Crippen LogP contribution in [-0.4, -0.2) is 28.5 Å². The molecule has 1 rings (SSSR count). The Balaban J connectivity index is 3.06. The standard InChI is InChI=1S/C11H19N3O/c1-8(2)6-13(4)11-10(7-15)9(3)12-14(11)5/h15H,1,6-7H2,2-5H3. The molecule has 0 amide bonds. The van der Waals surface area contributed by atoms with Crippen molar-refractivity contribution in [2.75, 3.05) is 18.5 Å². The normalized spacial score (nSPS) is 10.5. The molecule has 1 N–H and O–H groups in total. The average Bonchev–Trinajstić information content (AvgIpc) is 2.38. The van der Waals surface area contributed by atoms with E-state index in [0.29, 0.717) is 0 Å². The third-order valence-corrected chi connectivity index (χ3v) is 2.34. The second-order valence-corrected chi connectivity index (χ2v) is 3.98. The summed E-state index contributed by atoms with van der Waals surface area (Å²) in [5.41, 5.74) is 2.85. The van der Waals surface area contributed by atoms with Gasteiger partial charge in [-0.2, -0.15) is 5.10 Å². The van der Waals surface area contributed by atoms with Crippen molar-refractivity contribution in [2.24, 2.45) is 7.05 Å². The Hall–Kier alpha value is -1.29. The van der Waals surface area contributed by atoms with Gasteiger partial charge in [0.05, 0.1) is 12.3 Å². The summed E-state index contributed by atoms with van der Waals surface area (Å²) in [4.78, 5) is 2.05. The predicted molar refractivity (Wildman–Crippen MR) is 62.0 cm³/mol. The third-order valence-electron chi connectivity index (χ3n) is 2.34. The van der Waals surface area contributed by atoms with Crippen LogP contribution in [0.4, 0.5) is 5.82 Å². The molecule has 0 spiro atoms. The van der Waals surface area contributed by atoms with Crippen molar-refractivity contribution in [2.45, 2.75) is 20.5 Å². The maximum absolute atomic E-state index is 9.29. The van der Waals surface area contributed by atoms with Crippen LogP contribution in [-0.2, 0) is 13.7 Å². The Labute approximate surface area is 90.8 Å². The molecule has 0 radical (unpaired) electrons. The van der Waals surface area contributed by atoms with Crippen LogP contribution in [0.5, 0.6) is 0 Å². The minimum Gasteiger partial charge on any atom is -0.391 e. The largest absolute Gasteiger partial charge is 0.391 e. The number of aryl methyl sites for hydroxylation is 2. The predicted octanol–water partition coefficient (Wildman–Crippen LogP) is 1.23. The van der Waals surface area contributed by atoms with E-state index in [1.807, 2.05) is 32.8 Å². The number of aliphatic hydroxyl groups excluding tert-OH is 1. The van der Waals surface area contributed by atoms with Gasteiger partial charge in [0.25, 0.3) is 0 Å². The molecule has 0 unspecified atom stereocenters. The van der Waals surface area contributed by atoms with E-state index in [1.54, 1.807) is 4.68 Å². The maximum atomic E-state index is 9.29. The van der Waals surface area contributed by atoms with Gasteiger partial charge in [0, 0.05) is 26.2 Å². The van der Waals surface area contributed by atoms with Gasteiger partial charge < -0.3 is 10.0 Å². The molecule has 84 valence electrons. The molecule has 1 aromatic rings. The van der Waals surface area contributed by atoms with Gasteiger partial charge in [-0.1, -0.05) is 12.2 Å². The van der Waals surface area contributed by atoms with E-state index in [9.17, 15) is 5.11 Å². The van der Waals surface area contributed by atoms with Crippen LogP contribution in [0.3, 0.4) is 0 Å². The Morgan fingerprint density at radius 2 is 2.20 bits per heavy atom. The Bertz CT molecular complexity index is 368. The Morgan fingerprint density at radius 1 is 1.60 bits per heavy atom. The molecule has 4 heteroatoms. The second-order valence-electron chi connectivity index (χ2n) is 3.98. The summed E-state index contributed by atoms with van der Waals surface area (Å²) in [7, 11) is 3.86. The molecule has 0 saturated carbocycles. The van der Waals surface area contributed by atoms with Crippen LogP contribution < -0.4 is 4.90 Å². The van der Waals surface area contributed by atoms with Gasteiger partial charge in [-0.05, 0) is 13.8 Å². The summed E-state index contributed by atoms with van der Waals surface area (Å²) in [6, 6.07) is 0. The smallest absolute Gasteiger partial charge is 0.132 e. The first-order chi connectivity index (χ1) is 6.97. The Morgan fingerprint density at radius 3 is 2.67 bits per heavy atom. The lowest BCUT2D eigenvalue weighted by Crippen LogP contribution is -2.22. The molecule has 0 aliphatic heterocycles. The van der Waals surface area contributed by atoms with E-state index in [-0.39, 0.29) is 6.61 Å². The number of anilines is 1. The molecular weight excluding hydrogens is 190 g/mol. The minimum atomic E-state index is 0.0234. The third kappa shape index (κ3) is 2.39. The highest BCUT2D eigenvalue weighted by molar-refractivity contribution is 5.50. The zero-order chi connectivity index (χ0) is 11.6. The van der Waals surface area contributed by atoms with E-state index >= 15 is 0 Å². The lowest BCUT2D eigenvalue weighted by atomic mass is 10.2. The van der Waals surface area contributed by atoms with E-state index in [2.05, 4.69) is 11.7 Å². The molecule has 0 fully saturated rings. The van der Waals surface area contributed by atoms with Gasteiger partial charge in [0.15, 0.2) is 0 Å². The van der Waals surface area contributed by atoms with Crippen LogP contribution in [0, 0.1) is 6.92 Å². The zero-order valence-electron chi connectivity index (χ0n) is 9.91. The van der Waals surface area contributed by atoms with Crippen molar-refractivity contribution in [3.63, 3.8) is 0 Å². The Kier molecular flexibility index (Phi) is 3.52. The van der Waals surface area contributed by atoms with Crippen molar-refractivity contribution in [1.82, 2.24) is 9.78 Å². The summed E-state index contributed by atoms with van der Waals surface area (Å²) in [5.74, 6) is 0.956. The molecule has 1 heterocycles. The quantitative estimate of drug-likeness (QED) is 0.758. The molecule has 0 aliphatic rings. The van der Waals surface area contributed by atoms with Gasteiger partial charge >= 0.3 is 0 Å². The number of rotatable bonds is 4. The van der Waals surface area contributed by atoms with Gasteiger partial charge in [-0.3, -0.25) is 4.68 Å². The molecule has 0 aliphatic carbocycles. The number of aromatic nitrogens is 2. The van der Waals surface area contributed by atoms with E-state index < -0.39 is 0 Å². The summed E-state index contributed by atoms with van der Waals surface area (Å²) >= 11 is 0. The lowest BCUT2D eigenvalue weighted by molar-refractivity contribution is 0.281. The van der Waals surface area contributed by atoms with Gasteiger partial charge in [-0.15, -0.1) is 0 Å². The van der Waals surface area contributed by atoms with Crippen molar-refractivity contribution in [1.29, 1.82) is 0 Å². The maximum Gasteiger partial charge on any atom is 0.132 e. The van der Waals surface area contributed by atoms with E-state index in [4.69, 9.17) is 0 Å². The monoisotopic (exact) mass is 209 g/mol. The van der Waals surface area contributed by atoms with Gasteiger partial charge in [-0.25, -0.2) is 0 Å². The van der Waals surface area contributed by atoms with E-state index in [0.717, 1.165) is 29.2 Å². The fourth-order valence-electron chi connectivity index (χ4n) is 1.83. The second kappa shape index (κ2) is 4.49. The number of aliphatic hydroxyl groups is 1. The first-order valence-corrected chi connectivity index (χ1v) is 4.96. The van der Waals surface area contributed by atoms with Crippen LogP contribution in [0.15, 0.2) is 12.2 Å². The molecule has 0 aromatic carbocycles.